The van der Waals surface area contributed by atoms with E-state index < -0.39 is 0 Å². The summed E-state index contributed by atoms with van der Waals surface area (Å²) in [5, 5.41) is 8.81. The van der Waals surface area contributed by atoms with Gasteiger partial charge in [0.25, 0.3) is 0 Å². The molecular formula is C21H30N4O. The second-order valence-corrected chi connectivity index (χ2v) is 8.79. The number of ether oxygens (including phenoxy) is 1. The number of rotatable bonds is 4. The van der Waals surface area contributed by atoms with Crippen molar-refractivity contribution in [2.75, 3.05) is 24.6 Å². The Kier molecular flexibility index (Phi) is 4.51. The quantitative estimate of drug-likeness (QED) is 0.833. The van der Waals surface area contributed by atoms with Crippen LogP contribution in [0.3, 0.4) is 0 Å². The topological polar surface area (TPSA) is 43.2 Å². The van der Waals surface area contributed by atoms with E-state index in [4.69, 9.17) is 4.74 Å². The van der Waals surface area contributed by atoms with Gasteiger partial charge in [0.1, 0.15) is 5.69 Å². The highest BCUT2D eigenvalue weighted by Crippen LogP contribution is 2.38. The predicted molar refractivity (Wildman–Crippen MR) is 105 cm³/mol. The summed E-state index contributed by atoms with van der Waals surface area (Å²) in [6, 6.07) is 4.57. The van der Waals surface area contributed by atoms with Gasteiger partial charge in [-0.3, -0.25) is 0 Å². The van der Waals surface area contributed by atoms with Gasteiger partial charge in [0, 0.05) is 30.9 Å². The number of hydrogen-bond acceptors (Lipinski definition) is 4. The summed E-state index contributed by atoms with van der Waals surface area (Å²) in [7, 11) is 0. The van der Waals surface area contributed by atoms with Crippen molar-refractivity contribution < 1.29 is 4.74 Å². The van der Waals surface area contributed by atoms with Crippen LogP contribution in [-0.2, 0) is 11.3 Å². The number of anilines is 1. The van der Waals surface area contributed by atoms with Crippen molar-refractivity contribution in [3.05, 3.63) is 29.5 Å². The largest absolute Gasteiger partial charge is 0.376 e. The van der Waals surface area contributed by atoms with E-state index in [-0.39, 0.29) is 6.10 Å². The Morgan fingerprint density at radius 3 is 2.65 bits per heavy atom. The van der Waals surface area contributed by atoms with Gasteiger partial charge in [0.05, 0.1) is 18.8 Å². The van der Waals surface area contributed by atoms with E-state index in [1.165, 1.54) is 35.2 Å². The maximum absolute atomic E-state index is 5.83. The molecule has 1 atom stereocenters. The summed E-state index contributed by atoms with van der Waals surface area (Å²) < 4.78 is 7.77. The van der Waals surface area contributed by atoms with Gasteiger partial charge in [-0.2, -0.15) is 0 Å². The molecule has 1 aromatic carbocycles. The van der Waals surface area contributed by atoms with Crippen LogP contribution in [0.4, 0.5) is 5.69 Å². The molecule has 0 radical (unpaired) electrons. The van der Waals surface area contributed by atoms with Crippen molar-refractivity contribution in [3.63, 3.8) is 0 Å². The minimum absolute atomic E-state index is 0.274. The van der Waals surface area contributed by atoms with E-state index in [1.54, 1.807) is 0 Å². The van der Waals surface area contributed by atoms with Crippen LogP contribution in [0, 0.1) is 19.3 Å². The molecule has 1 aromatic heterocycles. The fraction of sp³-hybridized carbons (Fsp3) is 0.619. The molecule has 2 saturated heterocycles. The number of aromatic nitrogens is 3. The molecular weight excluding hydrogens is 324 g/mol. The van der Waals surface area contributed by atoms with Crippen molar-refractivity contribution in [3.8, 4) is 11.3 Å². The fourth-order valence-electron chi connectivity index (χ4n) is 4.29. The van der Waals surface area contributed by atoms with Crippen molar-refractivity contribution in [1.82, 2.24) is 15.0 Å². The van der Waals surface area contributed by atoms with Gasteiger partial charge in [0.2, 0.25) is 0 Å². The molecule has 3 heterocycles. The van der Waals surface area contributed by atoms with Crippen LogP contribution in [0.5, 0.6) is 0 Å². The lowest BCUT2D eigenvalue weighted by Gasteiger charge is -2.48. The smallest absolute Gasteiger partial charge is 0.113 e. The third-order valence-corrected chi connectivity index (χ3v) is 5.60. The van der Waals surface area contributed by atoms with Gasteiger partial charge >= 0.3 is 0 Å². The second-order valence-electron chi connectivity index (χ2n) is 8.79. The molecule has 2 aliphatic rings. The van der Waals surface area contributed by atoms with Gasteiger partial charge in [-0.05, 0) is 55.7 Å². The molecule has 0 saturated carbocycles. The monoisotopic (exact) mass is 354 g/mol. The molecule has 140 valence electrons. The average molecular weight is 354 g/mol. The molecule has 0 spiro atoms. The maximum Gasteiger partial charge on any atom is 0.113 e. The molecule has 4 rings (SSSR count). The molecule has 0 bridgehead atoms. The molecule has 26 heavy (non-hydrogen) atoms. The Labute approximate surface area is 156 Å². The van der Waals surface area contributed by atoms with Gasteiger partial charge in [0.15, 0.2) is 0 Å². The molecule has 1 unspecified atom stereocenters. The fourth-order valence-corrected chi connectivity index (χ4v) is 4.29. The third-order valence-electron chi connectivity index (χ3n) is 5.60. The van der Waals surface area contributed by atoms with E-state index >= 15 is 0 Å². The Hall–Kier alpha value is -1.88. The number of benzene rings is 1. The van der Waals surface area contributed by atoms with Crippen molar-refractivity contribution in [1.29, 1.82) is 0 Å². The third kappa shape index (κ3) is 3.50. The van der Waals surface area contributed by atoms with Crippen LogP contribution in [0.1, 0.15) is 44.2 Å². The SMILES string of the molecule is Cc1cc(C)c(N2CC(C)(C)C2)cc1-c1cn(CC2CCCCO2)nn1. The van der Waals surface area contributed by atoms with E-state index in [0.717, 1.165) is 38.4 Å². The van der Waals surface area contributed by atoms with Crippen LogP contribution >= 0.6 is 0 Å². The highest BCUT2D eigenvalue weighted by molar-refractivity contribution is 5.71. The van der Waals surface area contributed by atoms with E-state index in [0.29, 0.717) is 5.41 Å². The van der Waals surface area contributed by atoms with Crippen LogP contribution in [0.2, 0.25) is 0 Å². The molecule has 5 heteroatoms. The van der Waals surface area contributed by atoms with Gasteiger partial charge in [-0.15, -0.1) is 5.10 Å². The normalized spacial score (nSPS) is 22.3. The molecule has 2 fully saturated rings. The van der Waals surface area contributed by atoms with Crippen molar-refractivity contribution in [2.45, 2.75) is 59.6 Å². The zero-order chi connectivity index (χ0) is 18.3. The predicted octanol–water partition coefficient (Wildman–Crippen LogP) is 3.98. The number of nitrogens with zero attached hydrogens (tertiary/aromatic N) is 4. The van der Waals surface area contributed by atoms with Gasteiger partial charge < -0.3 is 9.64 Å². The van der Waals surface area contributed by atoms with Crippen LogP contribution in [-0.4, -0.2) is 40.8 Å². The lowest BCUT2D eigenvalue weighted by atomic mass is 9.83. The van der Waals surface area contributed by atoms with Crippen LogP contribution < -0.4 is 4.90 Å². The summed E-state index contributed by atoms with van der Waals surface area (Å²) in [5.41, 5.74) is 6.48. The van der Waals surface area contributed by atoms with Gasteiger partial charge in [-0.1, -0.05) is 25.1 Å². The summed E-state index contributed by atoms with van der Waals surface area (Å²) in [6.07, 6.45) is 5.89. The van der Waals surface area contributed by atoms with E-state index in [1.807, 2.05) is 4.68 Å². The lowest BCUT2D eigenvalue weighted by molar-refractivity contribution is 0.00370. The summed E-state index contributed by atoms with van der Waals surface area (Å²) in [6.45, 7) is 12.9. The average Bonchev–Trinajstić information content (AvgIpc) is 3.02. The number of aryl methyl sites for hydroxylation is 2. The molecule has 0 aliphatic carbocycles. The van der Waals surface area contributed by atoms with Crippen molar-refractivity contribution >= 4 is 5.69 Å². The highest BCUT2D eigenvalue weighted by Gasteiger charge is 2.35. The maximum atomic E-state index is 5.83. The minimum Gasteiger partial charge on any atom is -0.376 e. The molecule has 2 aromatic rings. The molecule has 2 aliphatic heterocycles. The van der Waals surface area contributed by atoms with Crippen LogP contribution in [0.15, 0.2) is 18.3 Å². The van der Waals surface area contributed by atoms with Gasteiger partial charge in [-0.25, -0.2) is 4.68 Å². The lowest BCUT2D eigenvalue weighted by Crippen LogP contribution is -2.53. The molecule has 0 amide bonds. The van der Waals surface area contributed by atoms with Crippen molar-refractivity contribution in [2.24, 2.45) is 5.41 Å². The first kappa shape index (κ1) is 17.5. The molecule has 0 N–H and O–H groups in total. The summed E-state index contributed by atoms with van der Waals surface area (Å²) >= 11 is 0. The van der Waals surface area contributed by atoms with Crippen LogP contribution in [0.25, 0.3) is 11.3 Å². The first-order valence-electron chi connectivity index (χ1n) is 9.80. The first-order chi connectivity index (χ1) is 12.4. The first-order valence-corrected chi connectivity index (χ1v) is 9.80. The molecule has 5 nitrogen and oxygen atoms in total. The summed E-state index contributed by atoms with van der Waals surface area (Å²) in [5.74, 6) is 0. The zero-order valence-corrected chi connectivity index (χ0v) is 16.5. The standard InChI is InChI=1S/C21H30N4O/c1-15-9-16(2)20(24-13-21(3,4)14-24)10-18(15)19-12-25(23-22-19)11-17-7-5-6-8-26-17/h9-10,12,17H,5-8,11,13-14H2,1-4H3. The van der Waals surface area contributed by atoms with E-state index in [2.05, 4.69) is 61.2 Å². The minimum atomic E-state index is 0.274. The second kappa shape index (κ2) is 6.69. The Morgan fingerprint density at radius 2 is 1.96 bits per heavy atom. The Morgan fingerprint density at radius 1 is 1.15 bits per heavy atom. The summed E-state index contributed by atoms with van der Waals surface area (Å²) in [4.78, 5) is 2.47. The zero-order valence-electron chi connectivity index (χ0n) is 16.5. The van der Waals surface area contributed by atoms with E-state index in [9.17, 15) is 0 Å². The number of hydrogen-bond donors (Lipinski definition) is 0. The highest BCUT2D eigenvalue weighted by atomic mass is 16.5. The Balaban J connectivity index is 1.55. The Bertz CT molecular complexity index is 781.